The van der Waals surface area contributed by atoms with Gasteiger partial charge in [0.2, 0.25) is 15.9 Å². The maximum atomic E-state index is 11.8. The summed E-state index contributed by atoms with van der Waals surface area (Å²) in [6, 6.07) is 7.30. The van der Waals surface area contributed by atoms with Gasteiger partial charge in [0.05, 0.1) is 19.6 Å². The van der Waals surface area contributed by atoms with Gasteiger partial charge in [-0.25, -0.2) is 8.42 Å². The lowest BCUT2D eigenvalue weighted by molar-refractivity contribution is -0.122. The maximum absolute atomic E-state index is 11.8. The first-order valence-corrected chi connectivity index (χ1v) is 8.52. The largest absolute Gasteiger partial charge is 0.497 e. The van der Waals surface area contributed by atoms with E-state index in [1.54, 1.807) is 19.2 Å². The summed E-state index contributed by atoms with van der Waals surface area (Å²) in [6.45, 7) is 0.250. The molecule has 0 unspecified atom stereocenters. The summed E-state index contributed by atoms with van der Waals surface area (Å²) in [4.78, 5) is 12.9. The van der Waals surface area contributed by atoms with E-state index in [0.29, 0.717) is 6.54 Å². The molecule has 124 valence electrons. The van der Waals surface area contributed by atoms with Crippen molar-refractivity contribution in [3.8, 4) is 5.75 Å². The first-order valence-electron chi connectivity index (χ1n) is 6.63. The lowest BCUT2D eigenvalue weighted by Gasteiger charge is -2.06. The van der Waals surface area contributed by atoms with Gasteiger partial charge in [-0.1, -0.05) is 12.1 Å². The van der Waals surface area contributed by atoms with Crippen molar-refractivity contribution in [3.05, 3.63) is 36.0 Å². The van der Waals surface area contributed by atoms with Crippen LogP contribution in [0.5, 0.6) is 5.75 Å². The quantitative estimate of drug-likeness (QED) is 0.732. The van der Waals surface area contributed by atoms with Gasteiger partial charge in [0.25, 0.3) is 0 Å². The van der Waals surface area contributed by atoms with Crippen LogP contribution in [0.4, 0.5) is 5.82 Å². The first-order chi connectivity index (χ1) is 10.9. The Hall–Kier alpha value is -2.62. The predicted molar refractivity (Wildman–Crippen MR) is 83.3 cm³/mol. The van der Waals surface area contributed by atoms with Crippen LogP contribution < -0.4 is 14.8 Å². The van der Waals surface area contributed by atoms with Crippen LogP contribution in [0.15, 0.2) is 30.5 Å². The second-order valence-electron chi connectivity index (χ2n) is 4.76. The Balaban J connectivity index is 1.84. The van der Waals surface area contributed by atoms with Crippen LogP contribution in [-0.4, -0.2) is 42.7 Å². The van der Waals surface area contributed by atoms with Crippen molar-refractivity contribution in [2.45, 2.75) is 13.1 Å². The predicted octanol–water partition coefficient (Wildman–Crippen LogP) is -0.0254. The Morgan fingerprint density at radius 1 is 1.30 bits per heavy atom. The van der Waals surface area contributed by atoms with E-state index in [1.165, 1.54) is 6.20 Å². The van der Waals surface area contributed by atoms with Crippen molar-refractivity contribution in [2.75, 3.05) is 18.1 Å². The third-order valence-electron chi connectivity index (χ3n) is 2.76. The molecule has 9 nitrogen and oxygen atoms in total. The number of benzene rings is 1. The Kier molecular flexibility index (Phi) is 5.16. The SMILES string of the molecule is COc1ccc(CNC(=O)Cn2ncc(NS(C)(=O)=O)n2)cc1. The number of amides is 1. The summed E-state index contributed by atoms with van der Waals surface area (Å²) in [5.74, 6) is 0.518. The molecule has 23 heavy (non-hydrogen) atoms. The summed E-state index contributed by atoms with van der Waals surface area (Å²) in [5, 5.41) is 10.4. The molecule has 0 aliphatic heterocycles. The van der Waals surface area contributed by atoms with E-state index in [2.05, 4.69) is 20.2 Å². The molecule has 0 radical (unpaired) electrons. The summed E-state index contributed by atoms with van der Waals surface area (Å²) in [7, 11) is -1.84. The van der Waals surface area contributed by atoms with Crippen molar-refractivity contribution in [3.63, 3.8) is 0 Å². The van der Waals surface area contributed by atoms with Crippen LogP contribution in [-0.2, 0) is 27.9 Å². The molecule has 2 N–H and O–H groups in total. The second-order valence-corrected chi connectivity index (χ2v) is 6.51. The zero-order chi connectivity index (χ0) is 16.9. The Morgan fingerprint density at radius 3 is 2.61 bits per heavy atom. The number of nitrogens with zero attached hydrogens (tertiary/aromatic N) is 3. The standard InChI is InChI=1S/C13H17N5O4S/c1-22-11-5-3-10(4-6-11)7-14-13(19)9-18-15-8-12(16-18)17-23(2,20)21/h3-6,8H,7,9H2,1-2H3,(H,14,19)(H,16,17). The normalized spacial score (nSPS) is 11.0. The molecule has 1 amide bonds. The average Bonchev–Trinajstić information content (AvgIpc) is 2.90. The van der Waals surface area contributed by atoms with Gasteiger partial charge >= 0.3 is 0 Å². The number of carbonyl (C=O) groups is 1. The monoisotopic (exact) mass is 339 g/mol. The molecular weight excluding hydrogens is 322 g/mol. The number of methoxy groups -OCH3 is 1. The Labute approximate surface area is 133 Å². The van der Waals surface area contributed by atoms with E-state index in [4.69, 9.17) is 4.74 Å². The number of hydrogen-bond acceptors (Lipinski definition) is 6. The molecular formula is C13H17N5O4S. The summed E-state index contributed by atoms with van der Waals surface area (Å²) in [5.41, 5.74) is 0.923. The number of anilines is 1. The minimum Gasteiger partial charge on any atom is -0.497 e. The summed E-state index contributed by atoms with van der Waals surface area (Å²) in [6.07, 6.45) is 2.24. The molecule has 1 aromatic heterocycles. The van der Waals surface area contributed by atoms with Gasteiger partial charge < -0.3 is 10.1 Å². The number of nitrogens with one attached hydrogen (secondary N) is 2. The fourth-order valence-corrected chi connectivity index (χ4v) is 2.21. The van der Waals surface area contributed by atoms with Crippen LogP contribution in [0.3, 0.4) is 0 Å². The maximum Gasteiger partial charge on any atom is 0.243 e. The van der Waals surface area contributed by atoms with Crippen LogP contribution in [0.1, 0.15) is 5.56 Å². The fraction of sp³-hybridized carbons (Fsp3) is 0.308. The van der Waals surface area contributed by atoms with Gasteiger partial charge in [-0.15, -0.1) is 5.10 Å². The van der Waals surface area contributed by atoms with Crippen LogP contribution >= 0.6 is 0 Å². The number of rotatable bonds is 7. The van der Waals surface area contributed by atoms with Crippen LogP contribution in [0, 0.1) is 0 Å². The van der Waals surface area contributed by atoms with Gasteiger partial charge in [0, 0.05) is 6.54 Å². The van der Waals surface area contributed by atoms with Gasteiger partial charge in [-0.05, 0) is 17.7 Å². The van der Waals surface area contributed by atoms with E-state index in [1.807, 2.05) is 12.1 Å². The van der Waals surface area contributed by atoms with Crippen molar-refractivity contribution in [1.29, 1.82) is 0 Å². The van der Waals surface area contributed by atoms with Gasteiger partial charge in [0.1, 0.15) is 12.3 Å². The van der Waals surface area contributed by atoms with E-state index in [-0.39, 0.29) is 18.3 Å². The molecule has 0 fully saturated rings. The summed E-state index contributed by atoms with van der Waals surface area (Å²) >= 11 is 0. The Bertz CT molecular complexity index is 770. The molecule has 0 bridgehead atoms. The van der Waals surface area contributed by atoms with Crippen LogP contribution in [0.25, 0.3) is 0 Å². The first kappa shape index (κ1) is 16.7. The van der Waals surface area contributed by atoms with Crippen LogP contribution in [0.2, 0.25) is 0 Å². The third kappa shape index (κ3) is 5.58. The highest BCUT2D eigenvalue weighted by molar-refractivity contribution is 7.92. The minimum absolute atomic E-state index is 0.0652. The lowest BCUT2D eigenvalue weighted by Crippen LogP contribution is -2.28. The van der Waals surface area contributed by atoms with Gasteiger partial charge in [-0.2, -0.15) is 9.90 Å². The molecule has 0 aliphatic rings. The number of sulfonamides is 1. The smallest absolute Gasteiger partial charge is 0.243 e. The Morgan fingerprint density at radius 2 is 2.00 bits per heavy atom. The van der Waals surface area contributed by atoms with E-state index < -0.39 is 10.0 Å². The number of carbonyl (C=O) groups excluding carboxylic acids is 1. The fourth-order valence-electron chi connectivity index (χ4n) is 1.74. The molecule has 2 rings (SSSR count). The third-order valence-corrected chi connectivity index (χ3v) is 3.34. The van der Waals surface area contributed by atoms with E-state index in [0.717, 1.165) is 22.4 Å². The van der Waals surface area contributed by atoms with Gasteiger partial charge in [-0.3, -0.25) is 9.52 Å². The zero-order valence-corrected chi connectivity index (χ0v) is 13.5. The average molecular weight is 339 g/mol. The number of ether oxygens (including phenoxy) is 1. The molecule has 1 heterocycles. The second kappa shape index (κ2) is 7.09. The highest BCUT2D eigenvalue weighted by Crippen LogP contribution is 2.10. The molecule has 0 saturated heterocycles. The van der Waals surface area contributed by atoms with Crippen molar-refractivity contribution in [2.24, 2.45) is 0 Å². The minimum atomic E-state index is -3.42. The molecule has 10 heteroatoms. The molecule has 0 saturated carbocycles. The van der Waals surface area contributed by atoms with Crippen molar-refractivity contribution >= 4 is 21.7 Å². The molecule has 2 aromatic rings. The summed E-state index contributed by atoms with van der Waals surface area (Å²) < 4.78 is 29.4. The molecule has 0 aliphatic carbocycles. The van der Waals surface area contributed by atoms with Crippen molar-refractivity contribution in [1.82, 2.24) is 20.3 Å². The number of hydrogen-bond donors (Lipinski definition) is 2. The van der Waals surface area contributed by atoms with Crippen molar-refractivity contribution < 1.29 is 17.9 Å². The number of aromatic nitrogens is 3. The van der Waals surface area contributed by atoms with E-state index in [9.17, 15) is 13.2 Å². The molecule has 1 aromatic carbocycles. The highest BCUT2D eigenvalue weighted by Gasteiger charge is 2.09. The van der Waals surface area contributed by atoms with E-state index >= 15 is 0 Å². The zero-order valence-electron chi connectivity index (χ0n) is 12.7. The lowest BCUT2D eigenvalue weighted by atomic mass is 10.2. The van der Waals surface area contributed by atoms with Gasteiger partial charge in [0.15, 0.2) is 5.82 Å². The molecule has 0 atom stereocenters. The highest BCUT2D eigenvalue weighted by atomic mass is 32.2. The molecule has 0 spiro atoms. The topological polar surface area (TPSA) is 115 Å².